The summed E-state index contributed by atoms with van der Waals surface area (Å²) in [5, 5.41) is 4.36. The van der Waals surface area contributed by atoms with Crippen molar-refractivity contribution < 1.29 is 8.78 Å². The summed E-state index contributed by atoms with van der Waals surface area (Å²) in [6.07, 6.45) is 2.76. The van der Waals surface area contributed by atoms with E-state index in [4.69, 9.17) is 0 Å². The number of alkyl halides is 2. The third kappa shape index (κ3) is 2.98. The summed E-state index contributed by atoms with van der Waals surface area (Å²) < 4.78 is 26.9. The lowest BCUT2D eigenvalue weighted by molar-refractivity contribution is 0.118. The number of aromatic nitrogens is 5. The van der Waals surface area contributed by atoms with Crippen LogP contribution in [-0.4, -0.2) is 44.1 Å². The Morgan fingerprint density at radius 2 is 2.19 bits per heavy atom. The fourth-order valence-electron chi connectivity index (χ4n) is 3.36. The van der Waals surface area contributed by atoms with E-state index in [1.54, 1.807) is 18.5 Å². The molecule has 1 unspecified atom stereocenters. The van der Waals surface area contributed by atoms with Crippen molar-refractivity contribution >= 4 is 11.3 Å². The zero-order valence-corrected chi connectivity index (χ0v) is 13.7. The molecule has 1 fully saturated rings. The molecule has 1 aliphatic heterocycles. The van der Waals surface area contributed by atoms with E-state index in [0.717, 1.165) is 5.69 Å². The van der Waals surface area contributed by atoms with E-state index in [1.807, 2.05) is 4.90 Å². The van der Waals surface area contributed by atoms with Crippen LogP contribution in [0.5, 0.6) is 0 Å². The Hall–Kier alpha value is -3.04. The van der Waals surface area contributed by atoms with Gasteiger partial charge in [-0.15, -0.1) is 0 Å². The molecule has 26 heavy (non-hydrogen) atoms. The SMILES string of the molecule is O=c1[nH]cc(-c2cc(N3CCC(CC(F)F)C3)c3nccn3n2)c(=O)[nH]1. The van der Waals surface area contributed by atoms with Crippen LogP contribution >= 0.6 is 0 Å². The molecule has 4 rings (SSSR count). The minimum absolute atomic E-state index is 0.0851. The van der Waals surface area contributed by atoms with Crippen LogP contribution in [0.25, 0.3) is 16.9 Å². The Morgan fingerprint density at radius 1 is 1.35 bits per heavy atom. The number of rotatable bonds is 4. The third-order valence-electron chi connectivity index (χ3n) is 4.57. The summed E-state index contributed by atoms with van der Waals surface area (Å²) in [6.45, 7) is 1.13. The van der Waals surface area contributed by atoms with Gasteiger partial charge >= 0.3 is 5.69 Å². The zero-order chi connectivity index (χ0) is 18.3. The average molecular weight is 362 g/mol. The highest BCUT2D eigenvalue weighted by molar-refractivity contribution is 5.74. The number of hydrogen-bond acceptors (Lipinski definition) is 5. The highest BCUT2D eigenvalue weighted by Gasteiger charge is 2.27. The summed E-state index contributed by atoms with van der Waals surface area (Å²) in [7, 11) is 0. The first-order valence-electron chi connectivity index (χ1n) is 8.21. The topological polar surface area (TPSA) is 99.2 Å². The third-order valence-corrected chi connectivity index (χ3v) is 4.57. The van der Waals surface area contributed by atoms with Gasteiger partial charge in [0, 0.05) is 38.1 Å². The molecule has 0 aliphatic carbocycles. The number of H-pyrrole nitrogens is 2. The van der Waals surface area contributed by atoms with Crippen LogP contribution in [0.15, 0.2) is 34.2 Å². The molecule has 0 aromatic carbocycles. The molecular weight excluding hydrogens is 346 g/mol. The minimum atomic E-state index is -2.32. The van der Waals surface area contributed by atoms with Gasteiger partial charge in [0.1, 0.15) is 5.69 Å². The minimum Gasteiger partial charge on any atom is -0.368 e. The maximum absolute atomic E-state index is 12.7. The van der Waals surface area contributed by atoms with Gasteiger partial charge in [-0.05, 0) is 18.4 Å². The van der Waals surface area contributed by atoms with Gasteiger partial charge in [-0.3, -0.25) is 9.78 Å². The molecular formula is C16H16F2N6O2. The van der Waals surface area contributed by atoms with Gasteiger partial charge in [0.25, 0.3) is 5.56 Å². The van der Waals surface area contributed by atoms with E-state index < -0.39 is 17.7 Å². The quantitative estimate of drug-likeness (QED) is 0.728. The number of fused-ring (bicyclic) bond motifs is 1. The number of hydrogen-bond donors (Lipinski definition) is 2. The highest BCUT2D eigenvalue weighted by atomic mass is 19.3. The van der Waals surface area contributed by atoms with Crippen LogP contribution in [0.1, 0.15) is 12.8 Å². The fraction of sp³-hybridized carbons (Fsp3) is 0.375. The van der Waals surface area contributed by atoms with E-state index in [1.165, 1.54) is 10.7 Å². The predicted octanol–water partition coefficient (Wildman–Crippen LogP) is 1.25. The fourth-order valence-corrected chi connectivity index (χ4v) is 3.36. The molecule has 0 amide bonds. The highest BCUT2D eigenvalue weighted by Crippen LogP contribution is 2.31. The summed E-state index contributed by atoms with van der Waals surface area (Å²) in [4.78, 5) is 34.2. The van der Waals surface area contributed by atoms with E-state index in [9.17, 15) is 18.4 Å². The lowest BCUT2D eigenvalue weighted by atomic mass is 10.1. The van der Waals surface area contributed by atoms with Crippen molar-refractivity contribution in [1.29, 1.82) is 0 Å². The molecule has 3 aromatic rings. The number of halogens is 2. The van der Waals surface area contributed by atoms with E-state index in [-0.39, 0.29) is 17.9 Å². The molecule has 2 N–H and O–H groups in total. The van der Waals surface area contributed by atoms with Crippen molar-refractivity contribution in [3.05, 3.63) is 45.5 Å². The largest absolute Gasteiger partial charge is 0.368 e. The Bertz CT molecular complexity index is 1060. The second kappa shape index (κ2) is 6.36. The van der Waals surface area contributed by atoms with Crippen LogP contribution < -0.4 is 16.1 Å². The van der Waals surface area contributed by atoms with Gasteiger partial charge in [0.05, 0.1) is 11.3 Å². The molecule has 0 bridgehead atoms. The Labute approximate surface area is 145 Å². The second-order valence-corrected chi connectivity index (χ2v) is 6.32. The maximum atomic E-state index is 12.7. The van der Waals surface area contributed by atoms with Gasteiger partial charge in [-0.25, -0.2) is 23.1 Å². The predicted molar refractivity (Wildman–Crippen MR) is 90.6 cm³/mol. The lowest BCUT2D eigenvalue weighted by Crippen LogP contribution is -2.24. The number of anilines is 1. The Kier molecular flexibility index (Phi) is 4.02. The van der Waals surface area contributed by atoms with Crippen LogP contribution in [0, 0.1) is 5.92 Å². The van der Waals surface area contributed by atoms with Gasteiger partial charge in [-0.1, -0.05) is 0 Å². The normalized spacial score (nSPS) is 17.5. The molecule has 0 radical (unpaired) electrons. The summed E-state index contributed by atoms with van der Waals surface area (Å²) >= 11 is 0. The van der Waals surface area contributed by atoms with Gasteiger partial charge in [0.15, 0.2) is 5.65 Å². The van der Waals surface area contributed by atoms with Crippen molar-refractivity contribution in [1.82, 2.24) is 24.6 Å². The molecule has 3 aromatic heterocycles. The van der Waals surface area contributed by atoms with Crippen molar-refractivity contribution in [2.75, 3.05) is 18.0 Å². The van der Waals surface area contributed by atoms with Crippen molar-refractivity contribution in [2.45, 2.75) is 19.3 Å². The molecule has 0 saturated carbocycles. The first-order valence-corrected chi connectivity index (χ1v) is 8.21. The number of nitrogens with zero attached hydrogens (tertiary/aromatic N) is 4. The molecule has 4 heterocycles. The van der Waals surface area contributed by atoms with Gasteiger partial charge in [-0.2, -0.15) is 5.10 Å². The number of aromatic amines is 2. The van der Waals surface area contributed by atoms with Crippen molar-refractivity contribution in [3.63, 3.8) is 0 Å². The molecule has 0 spiro atoms. The molecule has 136 valence electrons. The van der Waals surface area contributed by atoms with Crippen LogP contribution in [-0.2, 0) is 0 Å². The Balaban J connectivity index is 1.76. The lowest BCUT2D eigenvalue weighted by Gasteiger charge is -2.20. The first kappa shape index (κ1) is 16.4. The number of nitrogens with one attached hydrogen (secondary N) is 2. The van der Waals surface area contributed by atoms with E-state index in [2.05, 4.69) is 20.1 Å². The Morgan fingerprint density at radius 3 is 2.96 bits per heavy atom. The monoisotopic (exact) mass is 362 g/mol. The van der Waals surface area contributed by atoms with Gasteiger partial charge in [0.2, 0.25) is 6.43 Å². The molecule has 1 atom stereocenters. The maximum Gasteiger partial charge on any atom is 0.325 e. The molecule has 1 aliphatic rings. The smallest absolute Gasteiger partial charge is 0.325 e. The standard InChI is InChI=1S/C16H16F2N6O2/c17-13(18)5-9-1-3-23(8-9)12-6-11(22-24-4-2-19-14(12)24)10-7-20-16(26)21-15(10)25/h2,4,6-7,9,13H,1,3,5,8H2,(H2,20,21,25,26). The van der Waals surface area contributed by atoms with Gasteiger partial charge < -0.3 is 9.88 Å². The summed E-state index contributed by atoms with van der Waals surface area (Å²) in [5.74, 6) is -0.0851. The average Bonchev–Trinajstić information content (AvgIpc) is 3.22. The molecule has 10 heteroatoms. The summed E-state index contributed by atoms with van der Waals surface area (Å²) in [5.41, 5.74) is 0.737. The molecule has 8 nitrogen and oxygen atoms in total. The molecule has 1 saturated heterocycles. The zero-order valence-electron chi connectivity index (χ0n) is 13.7. The van der Waals surface area contributed by atoms with E-state index in [0.29, 0.717) is 30.9 Å². The van der Waals surface area contributed by atoms with Crippen LogP contribution in [0.4, 0.5) is 14.5 Å². The van der Waals surface area contributed by atoms with Crippen LogP contribution in [0.3, 0.4) is 0 Å². The first-order chi connectivity index (χ1) is 12.5. The summed E-state index contributed by atoms with van der Waals surface area (Å²) in [6, 6.07) is 1.70. The number of imidazole rings is 1. The van der Waals surface area contributed by atoms with Crippen LogP contribution in [0.2, 0.25) is 0 Å². The second-order valence-electron chi connectivity index (χ2n) is 6.32. The van der Waals surface area contributed by atoms with Crippen molar-refractivity contribution in [2.24, 2.45) is 5.92 Å². The van der Waals surface area contributed by atoms with E-state index >= 15 is 0 Å². The van der Waals surface area contributed by atoms with Crippen molar-refractivity contribution in [3.8, 4) is 11.3 Å².